The van der Waals surface area contributed by atoms with Gasteiger partial charge in [-0.1, -0.05) is 65.3 Å². The molecular formula is C17H14Cl2N4OS. The number of thioether (sulfide) groups is 1. The highest BCUT2D eigenvalue weighted by atomic mass is 35.5. The molecule has 0 atom stereocenters. The van der Waals surface area contributed by atoms with Crippen molar-refractivity contribution in [3.63, 3.8) is 0 Å². The summed E-state index contributed by atoms with van der Waals surface area (Å²) in [6, 6.07) is 14.7. The molecule has 3 aromatic rings. The van der Waals surface area contributed by atoms with E-state index in [2.05, 4.69) is 15.6 Å². The lowest BCUT2D eigenvalue weighted by atomic mass is 10.2. The number of aromatic nitrogens is 3. The molecule has 0 aliphatic heterocycles. The minimum Gasteiger partial charge on any atom is -0.267 e. The Morgan fingerprint density at radius 2 is 1.88 bits per heavy atom. The summed E-state index contributed by atoms with van der Waals surface area (Å²) in [5.41, 5.74) is 4.35. The van der Waals surface area contributed by atoms with Gasteiger partial charge in [0.25, 0.3) is 5.91 Å². The van der Waals surface area contributed by atoms with Crippen LogP contribution in [0.2, 0.25) is 10.0 Å². The Hall–Kier alpha value is -2.02. The van der Waals surface area contributed by atoms with Crippen LogP contribution in [0.1, 0.15) is 21.7 Å². The zero-order valence-corrected chi connectivity index (χ0v) is 15.6. The van der Waals surface area contributed by atoms with Gasteiger partial charge in [-0.15, -0.1) is 10.2 Å². The number of hydrogen-bond acceptors (Lipinski definition) is 4. The average molecular weight is 393 g/mol. The third-order valence-corrected chi connectivity index (χ3v) is 5.14. The van der Waals surface area contributed by atoms with E-state index in [9.17, 15) is 4.79 Å². The highest BCUT2D eigenvalue weighted by Gasteiger charge is 2.14. The van der Waals surface area contributed by atoms with Crippen LogP contribution in [0.15, 0.2) is 53.7 Å². The Morgan fingerprint density at radius 1 is 1.12 bits per heavy atom. The molecule has 0 bridgehead atoms. The molecule has 0 unspecified atom stereocenters. The van der Waals surface area contributed by atoms with Gasteiger partial charge >= 0.3 is 0 Å². The van der Waals surface area contributed by atoms with Crippen LogP contribution in [-0.4, -0.2) is 20.8 Å². The van der Waals surface area contributed by atoms with E-state index >= 15 is 0 Å². The molecular weight excluding hydrogens is 379 g/mol. The molecule has 0 saturated heterocycles. The summed E-state index contributed by atoms with van der Waals surface area (Å²) in [6.07, 6.45) is 0. The lowest BCUT2D eigenvalue weighted by molar-refractivity contribution is 0.101. The second kappa shape index (κ2) is 7.91. The van der Waals surface area contributed by atoms with Crippen molar-refractivity contribution in [3.8, 4) is 0 Å². The first-order valence-electron chi connectivity index (χ1n) is 7.40. The quantitative estimate of drug-likeness (QED) is 0.646. The lowest BCUT2D eigenvalue weighted by Gasteiger charge is -2.10. The van der Waals surface area contributed by atoms with Gasteiger partial charge in [0.2, 0.25) is 5.16 Å². The number of nitrogens with one attached hydrogen (secondary N) is 1. The van der Waals surface area contributed by atoms with Crippen LogP contribution in [0.4, 0.5) is 0 Å². The maximum absolute atomic E-state index is 12.5. The van der Waals surface area contributed by atoms with Gasteiger partial charge in [0.15, 0.2) is 0 Å². The number of aryl methyl sites for hydroxylation is 1. The molecule has 25 heavy (non-hydrogen) atoms. The van der Waals surface area contributed by atoms with E-state index in [0.717, 1.165) is 11.3 Å². The summed E-state index contributed by atoms with van der Waals surface area (Å²) in [5.74, 6) is 0.994. The minimum atomic E-state index is -0.317. The third-order valence-electron chi connectivity index (χ3n) is 3.40. The SMILES string of the molecule is Cc1nnc(SCc2ccccc2)n1NC(=O)c1ccc(Cl)c(Cl)c1. The van der Waals surface area contributed by atoms with Gasteiger partial charge < -0.3 is 0 Å². The Bertz CT molecular complexity index is 899. The van der Waals surface area contributed by atoms with Crippen LogP contribution in [0.3, 0.4) is 0 Å². The van der Waals surface area contributed by atoms with Gasteiger partial charge in [0.1, 0.15) is 5.82 Å². The Balaban J connectivity index is 1.74. The van der Waals surface area contributed by atoms with Crippen molar-refractivity contribution in [2.24, 2.45) is 0 Å². The maximum atomic E-state index is 12.5. The van der Waals surface area contributed by atoms with Crippen LogP contribution >= 0.6 is 35.0 Å². The summed E-state index contributed by atoms with van der Waals surface area (Å²) in [4.78, 5) is 12.5. The van der Waals surface area contributed by atoms with Crippen LogP contribution in [-0.2, 0) is 5.75 Å². The summed E-state index contributed by atoms with van der Waals surface area (Å²) < 4.78 is 1.57. The molecule has 1 aromatic heterocycles. The lowest BCUT2D eigenvalue weighted by Crippen LogP contribution is -2.24. The van der Waals surface area contributed by atoms with Gasteiger partial charge in [-0.2, -0.15) is 0 Å². The Morgan fingerprint density at radius 3 is 2.60 bits per heavy atom. The van der Waals surface area contributed by atoms with Gasteiger partial charge in [-0.25, -0.2) is 4.68 Å². The van der Waals surface area contributed by atoms with E-state index in [0.29, 0.717) is 26.6 Å². The standard InChI is InChI=1S/C17H14Cl2N4OS/c1-11-20-21-17(25-10-12-5-3-2-4-6-12)23(11)22-16(24)13-7-8-14(18)15(19)9-13/h2-9H,10H2,1H3,(H,22,24). The van der Waals surface area contributed by atoms with Crippen molar-refractivity contribution >= 4 is 40.9 Å². The average Bonchev–Trinajstić information content (AvgIpc) is 2.96. The van der Waals surface area contributed by atoms with Crippen LogP contribution < -0.4 is 5.43 Å². The normalized spacial score (nSPS) is 10.7. The number of halogens is 2. The van der Waals surface area contributed by atoms with Crippen molar-refractivity contribution < 1.29 is 4.79 Å². The van der Waals surface area contributed by atoms with E-state index in [1.807, 2.05) is 30.3 Å². The van der Waals surface area contributed by atoms with Crippen molar-refractivity contribution in [2.75, 3.05) is 5.43 Å². The van der Waals surface area contributed by atoms with E-state index < -0.39 is 0 Å². The molecule has 128 valence electrons. The molecule has 0 fully saturated rings. The molecule has 1 amide bonds. The fourth-order valence-corrected chi connectivity index (χ4v) is 3.28. The Labute approximate surface area is 159 Å². The molecule has 0 aliphatic carbocycles. The van der Waals surface area contributed by atoms with E-state index in [4.69, 9.17) is 23.2 Å². The first-order valence-corrected chi connectivity index (χ1v) is 9.14. The molecule has 0 radical (unpaired) electrons. The van der Waals surface area contributed by atoms with Crippen molar-refractivity contribution in [3.05, 3.63) is 75.5 Å². The molecule has 0 spiro atoms. The second-order valence-corrected chi connectivity index (χ2v) is 6.97. The van der Waals surface area contributed by atoms with Crippen LogP contribution in [0.5, 0.6) is 0 Å². The molecule has 0 saturated carbocycles. The number of carbonyl (C=O) groups excluding carboxylic acids is 1. The zero-order chi connectivity index (χ0) is 17.8. The fourth-order valence-electron chi connectivity index (χ4n) is 2.09. The Kier molecular flexibility index (Phi) is 5.63. The van der Waals surface area contributed by atoms with Crippen LogP contribution in [0, 0.1) is 6.92 Å². The van der Waals surface area contributed by atoms with Gasteiger partial charge in [0, 0.05) is 11.3 Å². The highest BCUT2D eigenvalue weighted by Crippen LogP contribution is 2.24. The monoisotopic (exact) mass is 392 g/mol. The van der Waals surface area contributed by atoms with E-state index in [1.165, 1.54) is 17.8 Å². The number of nitrogens with zero attached hydrogens (tertiary/aromatic N) is 3. The minimum absolute atomic E-state index is 0.317. The van der Waals surface area contributed by atoms with Crippen molar-refractivity contribution in [1.82, 2.24) is 14.9 Å². The zero-order valence-electron chi connectivity index (χ0n) is 13.2. The predicted octanol–water partition coefficient (Wildman–Crippen LogP) is 4.57. The smallest absolute Gasteiger partial charge is 0.267 e. The van der Waals surface area contributed by atoms with Gasteiger partial charge in [-0.05, 0) is 30.7 Å². The van der Waals surface area contributed by atoms with E-state index in [1.54, 1.807) is 23.7 Å². The largest absolute Gasteiger partial charge is 0.270 e. The molecule has 5 nitrogen and oxygen atoms in total. The molecule has 1 heterocycles. The summed E-state index contributed by atoms with van der Waals surface area (Å²) >= 11 is 13.3. The number of benzene rings is 2. The fraction of sp³-hybridized carbons (Fsp3) is 0.118. The second-order valence-electron chi connectivity index (χ2n) is 5.21. The first kappa shape index (κ1) is 17.8. The molecule has 3 rings (SSSR count). The molecule has 0 aliphatic rings. The topological polar surface area (TPSA) is 59.8 Å². The van der Waals surface area contributed by atoms with Crippen molar-refractivity contribution in [1.29, 1.82) is 0 Å². The molecule has 2 aromatic carbocycles. The summed E-state index contributed by atoms with van der Waals surface area (Å²) in [6.45, 7) is 1.77. The molecule has 1 N–H and O–H groups in total. The summed E-state index contributed by atoms with van der Waals surface area (Å²) in [7, 11) is 0. The third kappa shape index (κ3) is 4.34. The number of hydrogen-bond donors (Lipinski definition) is 1. The van der Waals surface area contributed by atoms with Gasteiger partial charge in [-0.3, -0.25) is 10.2 Å². The first-order chi connectivity index (χ1) is 12.0. The maximum Gasteiger partial charge on any atom is 0.270 e. The summed E-state index contributed by atoms with van der Waals surface area (Å²) in [5, 5.41) is 9.49. The number of carbonyl (C=O) groups is 1. The number of amides is 1. The van der Waals surface area contributed by atoms with E-state index in [-0.39, 0.29) is 5.91 Å². The highest BCUT2D eigenvalue weighted by molar-refractivity contribution is 7.98. The van der Waals surface area contributed by atoms with Crippen LogP contribution in [0.25, 0.3) is 0 Å². The molecule has 8 heteroatoms. The number of rotatable bonds is 5. The van der Waals surface area contributed by atoms with Gasteiger partial charge in [0.05, 0.1) is 10.0 Å². The van der Waals surface area contributed by atoms with Crippen molar-refractivity contribution in [2.45, 2.75) is 17.8 Å². The predicted molar refractivity (Wildman–Crippen MR) is 101 cm³/mol.